The van der Waals surface area contributed by atoms with E-state index < -0.39 is 30.1 Å². The van der Waals surface area contributed by atoms with Gasteiger partial charge in [0.2, 0.25) is 11.8 Å². The third-order valence-corrected chi connectivity index (χ3v) is 3.37. The van der Waals surface area contributed by atoms with Crippen molar-refractivity contribution in [1.29, 1.82) is 0 Å². The molecule has 2 fully saturated rings. The number of imide groups is 1. The number of urea groups is 1. The van der Waals surface area contributed by atoms with E-state index in [9.17, 15) is 19.2 Å². The molecule has 2 heterocycles. The average Bonchev–Trinajstić information content (AvgIpc) is 2.41. The Kier molecular flexibility index (Phi) is 4.73. The van der Waals surface area contributed by atoms with Crippen molar-refractivity contribution in [3.05, 3.63) is 0 Å². The number of carboxylic acids is 1. The van der Waals surface area contributed by atoms with Gasteiger partial charge in [0.15, 0.2) is 0 Å². The molecule has 0 aromatic carbocycles. The summed E-state index contributed by atoms with van der Waals surface area (Å²) in [4.78, 5) is 46.7. The number of hydrogen-bond donors (Lipinski definition) is 3. The van der Waals surface area contributed by atoms with Crippen LogP contribution < -0.4 is 10.6 Å². The van der Waals surface area contributed by atoms with Gasteiger partial charge in [-0.05, 0) is 6.42 Å². The van der Waals surface area contributed by atoms with E-state index in [0.29, 0.717) is 6.54 Å². The highest BCUT2D eigenvalue weighted by Gasteiger charge is 2.31. The molecule has 2 aliphatic heterocycles. The number of carbonyl (C=O) groups excluding carboxylic acids is 3. The molecule has 4 amide bonds. The third kappa shape index (κ3) is 4.15. The minimum atomic E-state index is -0.993. The molecule has 0 aromatic heterocycles. The van der Waals surface area contributed by atoms with Crippen molar-refractivity contribution in [3.8, 4) is 0 Å². The zero-order valence-corrected chi connectivity index (χ0v) is 11.3. The fourth-order valence-corrected chi connectivity index (χ4v) is 2.29. The van der Waals surface area contributed by atoms with E-state index in [1.165, 1.54) is 4.90 Å². The summed E-state index contributed by atoms with van der Waals surface area (Å²) < 4.78 is 5.27. The van der Waals surface area contributed by atoms with Crippen LogP contribution in [-0.4, -0.2) is 65.7 Å². The van der Waals surface area contributed by atoms with E-state index in [1.54, 1.807) is 0 Å². The molecule has 0 aliphatic carbocycles. The first-order valence-electron chi connectivity index (χ1n) is 6.68. The number of rotatable bonds is 3. The average molecular weight is 299 g/mol. The van der Waals surface area contributed by atoms with Gasteiger partial charge >= 0.3 is 12.0 Å². The van der Waals surface area contributed by atoms with E-state index in [2.05, 4.69) is 10.6 Å². The Morgan fingerprint density at radius 1 is 1.43 bits per heavy atom. The minimum absolute atomic E-state index is 0.158. The normalized spacial score (nSPS) is 26.2. The summed E-state index contributed by atoms with van der Waals surface area (Å²) in [6.07, 6.45) is -0.285. The number of hydrogen-bond acceptors (Lipinski definition) is 5. The Bertz CT molecular complexity index is 466. The first kappa shape index (κ1) is 15.2. The lowest BCUT2D eigenvalue weighted by Gasteiger charge is -2.33. The van der Waals surface area contributed by atoms with Crippen molar-refractivity contribution in [2.75, 3.05) is 19.7 Å². The Morgan fingerprint density at radius 3 is 2.86 bits per heavy atom. The summed E-state index contributed by atoms with van der Waals surface area (Å²) in [7, 11) is 0. The van der Waals surface area contributed by atoms with Crippen LogP contribution in [0.1, 0.15) is 19.3 Å². The first-order chi connectivity index (χ1) is 9.95. The molecular formula is C12H17N3O6. The molecule has 9 nitrogen and oxygen atoms in total. The van der Waals surface area contributed by atoms with E-state index >= 15 is 0 Å². The van der Waals surface area contributed by atoms with Gasteiger partial charge < -0.3 is 20.1 Å². The summed E-state index contributed by atoms with van der Waals surface area (Å²) in [5, 5.41) is 13.4. The molecule has 9 heteroatoms. The maximum absolute atomic E-state index is 12.1. The van der Waals surface area contributed by atoms with Crippen LogP contribution in [0.4, 0.5) is 4.79 Å². The van der Waals surface area contributed by atoms with Gasteiger partial charge in [-0.25, -0.2) is 4.79 Å². The zero-order valence-electron chi connectivity index (χ0n) is 11.3. The molecule has 0 spiro atoms. The maximum atomic E-state index is 12.1. The fourth-order valence-electron chi connectivity index (χ4n) is 2.29. The van der Waals surface area contributed by atoms with Crippen molar-refractivity contribution in [2.24, 2.45) is 0 Å². The van der Waals surface area contributed by atoms with Crippen LogP contribution in [0, 0.1) is 0 Å². The van der Waals surface area contributed by atoms with Gasteiger partial charge in [0, 0.05) is 19.5 Å². The molecule has 3 N–H and O–H groups in total. The van der Waals surface area contributed by atoms with Crippen molar-refractivity contribution >= 4 is 23.8 Å². The van der Waals surface area contributed by atoms with Gasteiger partial charge in [0.1, 0.15) is 6.04 Å². The number of ether oxygens (including phenoxy) is 1. The number of nitrogens with zero attached hydrogens (tertiary/aromatic N) is 1. The molecular weight excluding hydrogens is 282 g/mol. The maximum Gasteiger partial charge on any atom is 0.318 e. The summed E-state index contributed by atoms with van der Waals surface area (Å²) in [6, 6.07) is -1.20. The molecule has 0 radical (unpaired) electrons. The van der Waals surface area contributed by atoms with Crippen molar-refractivity contribution < 1.29 is 29.0 Å². The lowest BCUT2D eigenvalue weighted by molar-refractivity contribution is -0.141. The second-order valence-electron chi connectivity index (χ2n) is 4.99. The predicted molar refractivity (Wildman–Crippen MR) is 68.3 cm³/mol. The fraction of sp³-hybridized carbons (Fsp3) is 0.667. The minimum Gasteiger partial charge on any atom is -0.481 e. The smallest absolute Gasteiger partial charge is 0.318 e. The number of carboxylic acid groups (broad SMARTS) is 1. The number of nitrogens with one attached hydrogen (secondary N) is 2. The van der Waals surface area contributed by atoms with Crippen LogP contribution in [-0.2, 0) is 19.1 Å². The van der Waals surface area contributed by atoms with E-state index in [1.807, 2.05) is 0 Å². The largest absolute Gasteiger partial charge is 0.481 e. The number of piperidine rings is 1. The lowest BCUT2D eigenvalue weighted by Crippen LogP contribution is -2.57. The summed E-state index contributed by atoms with van der Waals surface area (Å²) in [5.41, 5.74) is 0. The van der Waals surface area contributed by atoms with Gasteiger partial charge in [-0.3, -0.25) is 19.7 Å². The van der Waals surface area contributed by atoms with Gasteiger partial charge in [-0.15, -0.1) is 0 Å². The molecule has 116 valence electrons. The molecule has 2 aliphatic rings. The van der Waals surface area contributed by atoms with Crippen molar-refractivity contribution in [3.63, 3.8) is 0 Å². The topological polar surface area (TPSA) is 125 Å². The van der Waals surface area contributed by atoms with Crippen LogP contribution in [0.3, 0.4) is 0 Å². The molecule has 21 heavy (non-hydrogen) atoms. The van der Waals surface area contributed by atoms with Crippen LogP contribution in [0.25, 0.3) is 0 Å². The molecule has 0 bridgehead atoms. The highest BCUT2D eigenvalue weighted by Crippen LogP contribution is 2.10. The Labute approximate surface area is 120 Å². The molecule has 2 unspecified atom stereocenters. The highest BCUT2D eigenvalue weighted by atomic mass is 16.5. The van der Waals surface area contributed by atoms with Gasteiger partial charge in [-0.2, -0.15) is 0 Å². The summed E-state index contributed by atoms with van der Waals surface area (Å²) >= 11 is 0. The van der Waals surface area contributed by atoms with Crippen LogP contribution in [0.15, 0.2) is 0 Å². The van der Waals surface area contributed by atoms with E-state index in [4.69, 9.17) is 9.84 Å². The summed E-state index contributed by atoms with van der Waals surface area (Å²) in [6.45, 7) is 0.737. The first-order valence-corrected chi connectivity index (χ1v) is 6.68. The predicted octanol–water partition coefficient (Wildman–Crippen LogP) is -1.32. The monoisotopic (exact) mass is 299 g/mol. The van der Waals surface area contributed by atoms with Crippen molar-refractivity contribution in [1.82, 2.24) is 15.5 Å². The quantitative estimate of drug-likeness (QED) is 0.555. The Hall–Kier alpha value is -2.16. The third-order valence-electron chi connectivity index (χ3n) is 3.37. The SMILES string of the molecule is O=C(O)CC1CN(C(=O)NC2CCC(=O)NC2=O)CCO1. The number of amides is 4. The second kappa shape index (κ2) is 6.53. The van der Waals surface area contributed by atoms with Crippen LogP contribution in [0.5, 0.6) is 0 Å². The lowest BCUT2D eigenvalue weighted by atomic mass is 10.1. The Balaban J connectivity index is 1.86. The zero-order chi connectivity index (χ0) is 15.4. The summed E-state index contributed by atoms with van der Waals surface area (Å²) in [5.74, 6) is -1.86. The molecule has 0 saturated carbocycles. The second-order valence-corrected chi connectivity index (χ2v) is 4.99. The number of aliphatic carboxylic acids is 1. The number of morpholine rings is 1. The van der Waals surface area contributed by atoms with Gasteiger partial charge in [0.05, 0.1) is 19.1 Å². The van der Waals surface area contributed by atoms with E-state index in [0.717, 1.165) is 0 Å². The van der Waals surface area contributed by atoms with Crippen LogP contribution >= 0.6 is 0 Å². The van der Waals surface area contributed by atoms with Crippen molar-refractivity contribution in [2.45, 2.75) is 31.4 Å². The molecule has 2 saturated heterocycles. The Morgan fingerprint density at radius 2 is 2.19 bits per heavy atom. The molecule has 2 atom stereocenters. The number of carbonyl (C=O) groups is 4. The highest BCUT2D eigenvalue weighted by molar-refractivity contribution is 6.01. The van der Waals surface area contributed by atoms with Gasteiger partial charge in [0.25, 0.3) is 0 Å². The molecule has 0 aromatic rings. The van der Waals surface area contributed by atoms with E-state index in [-0.39, 0.29) is 38.3 Å². The standard InChI is InChI=1S/C12H17N3O6/c16-9-2-1-8(11(19)14-9)13-12(20)15-3-4-21-7(6-15)5-10(17)18/h7-8H,1-6H2,(H,13,20)(H,17,18)(H,14,16,19). The molecule has 2 rings (SSSR count). The van der Waals surface area contributed by atoms with Gasteiger partial charge in [-0.1, -0.05) is 0 Å². The van der Waals surface area contributed by atoms with Crippen LogP contribution in [0.2, 0.25) is 0 Å².